The molecule has 2 N–H and O–H groups in total. The van der Waals surface area contributed by atoms with Crippen LogP contribution < -0.4 is 10.6 Å². The zero-order chi connectivity index (χ0) is 12.1. The summed E-state index contributed by atoms with van der Waals surface area (Å²) in [6, 6.07) is 8.09. The molecule has 3 nitrogen and oxygen atoms in total. The van der Waals surface area contributed by atoms with Crippen molar-refractivity contribution >= 4 is 5.91 Å². The minimum Gasteiger partial charge on any atom is -0.348 e. The van der Waals surface area contributed by atoms with E-state index in [1.54, 1.807) is 7.05 Å². The average molecular weight is 220 g/mol. The van der Waals surface area contributed by atoms with Crippen LogP contribution in [0.5, 0.6) is 0 Å². The van der Waals surface area contributed by atoms with E-state index in [0.29, 0.717) is 0 Å². The van der Waals surface area contributed by atoms with Gasteiger partial charge in [-0.15, -0.1) is 0 Å². The topological polar surface area (TPSA) is 41.1 Å². The molecule has 0 bridgehead atoms. The van der Waals surface area contributed by atoms with Gasteiger partial charge in [0.05, 0.1) is 12.1 Å². The summed E-state index contributed by atoms with van der Waals surface area (Å²) >= 11 is 0. The van der Waals surface area contributed by atoms with Crippen molar-refractivity contribution in [3.8, 4) is 0 Å². The fourth-order valence-electron chi connectivity index (χ4n) is 1.41. The van der Waals surface area contributed by atoms with E-state index in [4.69, 9.17) is 0 Å². The van der Waals surface area contributed by atoms with Crippen molar-refractivity contribution in [3.05, 3.63) is 35.4 Å². The highest BCUT2D eigenvalue weighted by molar-refractivity contribution is 5.81. The molecule has 1 amide bonds. The van der Waals surface area contributed by atoms with Crippen LogP contribution in [-0.2, 0) is 4.79 Å². The second-order valence-corrected chi connectivity index (χ2v) is 4.15. The van der Waals surface area contributed by atoms with Crippen molar-refractivity contribution in [1.82, 2.24) is 10.6 Å². The number of aryl methyl sites for hydroxylation is 1. The molecule has 2 atom stereocenters. The van der Waals surface area contributed by atoms with Crippen LogP contribution in [0, 0.1) is 6.92 Å². The van der Waals surface area contributed by atoms with Crippen molar-refractivity contribution in [2.45, 2.75) is 32.9 Å². The normalized spacial score (nSPS) is 14.2. The van der Waals surface area contributed by atoms with Crippen molar-refractivity contribution in [2.24, 2.45) is 0 Å². The largest absolute Gasteiger partial charge is 0.348 e. The molecule has 0 fully saturated rings. The molecule has 0 aliphatic rings. The summed E-state index contributed by atoms with van der Waals surface area (Å²) in [5, 5.41) is 5.88. The summed E-state index contributed by atoms with van der Waals surface area (Å²) in [5.74, 6) is 0.0237. The third kappa shape index (κ3) is 3.35. The Balaban J connectivity index is 2.62. The highest BCUT2D eigenvalue weighted by atomic mass is 16.2. The second kappa shape index (κ2) is 5.66. The Morgan fingerprint density at radius 2 is 1.75 bits per heavy atom. The summed E-state index contributed by atoms with van der Waals surface area (Å²) in [6.07, 6.45) is 0. The Bertz CT molecular complexity index is 345. The standard InChI is InChI=1S/C13H20N2O/c1-9-5-7-12(8-6-9)10(2)15-13(16)11(3)14-4/h5-8,10-11,14H,1-4H3,(H,15,16)/t10-,11?/m0/s1. The number of nitrogens with one attached hydrogen (secondary N) is 2. The maximum Gasteiger partial charge on any atom is 0.237 e. The number of carbonyl (C=O) groups excluding carboxylic acids is 1. The number of amides is 1. The van der Waals surface area contributed by atoms with Gasteiger partial charge in [0.15, 0.2) is 0 Å². The molecule has 3 heteroatoms. The maximum atomic E-state index is 11.7. The van der Waals surface area contributed by atoms with E-state index in [2.05, 4.69) is 29.7 Å². The van der Waals surface area contributed by atoms with Gasteiger partial charge in [-0.1, -0.05) is 29.8 Å². The number of hydrogen-bond acceptors (Lipinski definition) is 2. The number of rotatable bonds is 4. The molecule has 0 aliphatic carbocycles. The van der Waals surface area contributed by atoms with Gasteiger partial charge < -0.3 is 10.6 Å². The van der Waals surface area contributed by atoms with Crippen LogP contribution in [0.2, 0.25) is 0 Å². The molecule has 1 aromatic rings. The van der Waals surface area contributed by atoms with E-state index in [1.165, 1.54) is 5.56 Å². The predicted octanol–water partition coefficient (Wildman–Crippen LogP) is 1.78. The van der Waals surface area contributed by atoms with Crippen LogP contribution in [0.1, 0.15) is 31.0 Å². The molecule has 0 spiro atoms. The van der Waals surface area contributed by atoms with Gasteiger partial charge in [-0.05, 0) is 33.4 Å². The lowest BCUT2D eigenvalue weighted by molar-refractivity contribution is -0.123. The van der Waals surface area contributed by atoms with Gasteiger partial charge >= 0.3 is 0 Å². The van der Waals surface area contributed by atoms with Gasteiger partial charge in [-0.3, -0.25) is 4.79 Å². The average Bonchev–Trinajstić information content (AvgIpc) is 2.28. The molecular formula is C13H20N2O. The molecule has 0 radical (unpaired) electrons. The fourth-order valence-corrected chi connectivity index (χ4v) is 1.41. The molecule has 0 saturated heterocycles. The van der Waals surface area contributed by atoms with Gasteiger partial charge in [0.2, 0.25) is 5.91 Å². The number of hydrogen-bond donors (Lipinski definition) is 2. The van der Waals surface area contributed by atoms with E-state index in [9.17, 15) is 4.79 Å². The smallest absolute Gasteiger partial charge is 0.237 e. The molecule has 0 aliphatic heterocycles. The Hall–Kier alpha value is -1.35. The van der Waals surface area contributed by atoms with E-state index >= 15 is 0 Å². The SMILES string of the molecule is CNC(C)C(=O)N[C@@H](C)c1ccc(C)cc1. The summed E-state index contributed by atoms with van der Waals surface area (Å²) in [5.41, 5.74) is 2.35. The zero-order valence-electron chi connectivity index (χ0n) is 10.4. The minimum absolute atomic E-state index is 0.0237. The Morgan fingerprint density at radius 1 is 1.19 bits per heavy atom. The maximum absolute atomic E-state index is 11.7. The highest BCUT2D eigenvalue weighted by Gasteiger charge is 2.13. The molecule has 88 valence electrons. The van der Waals surface area contributed by atoms with E-state index < -0.39 is 0 Å². The van der Waals surface area contributed by atoms with Crippen LogP contribution in [0.3, 0.4) is 0 Å². The molecule has 16 heavy (non-hydrogen) atoms. The van der Waals surface area contributed by atoms with E-state index in [0.717, 1.165) is 5.56 Å². The van der Waals surface area contributed by atoms with E-state index in [1.807, 2.05) is 26.0 Å². The lowest BCUT2D eigenvalue weighted by Crippen LogP contribution is -2.41. The van der Waals surface area contributed by atoms with Gasteiger partial charge in [0.1, 0.15) is 0 Å². The summed E-state index contributed by atoms with van der Waals surface area (Å²) < 4.78 is 0. The van der Waals surface area contributed by atoms with Gasteiger partial charge in [-0.25, -0.2) is 0 Å². The van der Waals surface area contributed by atoms with Gasteiger partial charge in [0.25, 0.3) is 0 Å². The third-order valence-electron chi connectivity index (χ3n) is 2.76. The fraction of sp³-hybridized carbons (Fsp3) is 0.462. The molecule has 1 unspecified atom stereocenters. The van der Waals surface area contributed by atoms with Crippen LogP contribution in [0.15, 0.2) is 24.3 Å². The number of benzene rings is 1. The zero-order valence-corrected chi connectivity index (χ0v) is 10.4. The summed E-state index contributed by atoms with van der Waals surface area (Å²) in [7, 11) is 1.78. The molecule has 0 heterocycles. The van der Waals surface area contributed by atoms with Crippen LogP contribution in [0.25, 0.3) is 0 Å². The first-order valence-corrected chi connectivity index (χ1v) is 5.58. The highest BCUT2D eigenvalue weighted by Crippen LogP contribution is 2.12. The van der Waals surface area contributed by atoms with Crippen molar-refractivity contribution < 1.29 is 4.79 Å². The quantitative estimate of drug-likeness (QED) is 0.812. The minimum atomic E-state index is -0.159. The first kappa shape index (κ1) is 12.7. The molecule has 0 aromatic heterocycles. The Kier molecular flexibility index (Phi) is 4.50. The molecule has 1 aromatic carbocycles. The number of carbonyl (C=O) groups is 1. The second-order valence-electron chi connectivity index (χ2n) is 4.15. The predicted molar refractivity (Wildman–Crippen MR) is 66.3 cm³/mol. The van der Waals surface area contributed by atoms with Crippen LogP contribution in [-0.4, -0.2) is 19.0 Å². The lowest BCUT2D eigenvalue weighted by atomic mass is 10.1. The lowest BCUT2D eigenvalue weighted by Gasteiger charge is -2.17. The summed E-state index contributed by atoms with van der Waals surface area (Å²) in [4.78, 5) is 11.7. The van der Waals surface area contributed by atoms with Crippen molar-refractivity contribution in [1.29, 1.82) is 0 Å². The van der Waals surface area contributed by atoms with Crippen molar-refractivity contribution in [2.75, 3.05) is 7.05 Å². The number of likely N-dealkylation sites (N-methyl/N-ethyl adjacent to an activating group) is 1. The molecule has 0 saturated carbocycles. The molecule has 1 rings (SSSR count). The van der Waals surface area contributed by atoms with E-state index in [-0.39, 0.29) is 18.0 Å². The Morgan fingerprint density at radius 3 is 2.25 bits per heavy atom. The Labute approximate surface area is 97.2 Å². The van der Waals surface area contributed by atoms with Crippen molar-refractivity contribution in [3.63, 3.8) is 0 Å². The first-order valence-electron chi connectivity index (χ1n) is 5.58. The first-order chi connectivity index (χ1) is 7.54. The summed E-state index contributed by atoms with van der Waals surface area (Å²) in [6.45, 7) is 5.89. The third-order valence-corrected chi connectivity index (χ3v) is 2.76. The molecular weight excluding hydrogens is 200 g/mol. The van der Waals surface area contributed by atoms with Crippen LogP contribution >= 0.6 is 0 Å². The van der Waals surface area contributed by atoms with Gasteiger partial charge in [-0.2, -0.15) is 0 Å². The monoisotopic (exact) mass is 220 g/mol. The van der Waals surface area contributed by atoms with Crippen LogP contribution in [0.4, 0.5) is 0 Å². The van der Waals surface area contributed by atoms with Gasteiger partial charge in [0, 0.05) is 0 Å².